The molecule has 0 aliphatic rings. The number of carbonyl (C=O) groups is 1. The predicted octanol–water partition coefficient (Wildman–Crippen LogP) is 4.04. The van der Waals surface area contributed by atoms with Crippen molar-refractivity contribution in [1.82, 2.24) is 0 Å². The number of benzene rings is 1. The van der Waals surface area contributed by atoms with Crippen molar-refractivity contribution in [3.05, 3.63) is 24.3 Å². The van der Waals surface area contributed by atoms with E-state index in [1.54, 1.807) is 24.3 Å². The molecule has 3 heteroatoms. The molecule has 0 saturated heterocycles. The maximum atomic E-state index is 12.5. The van der Waals surface area contributed by atoms with Crippen LogP contribution < -0.4 is 5.32 Å². The van der Waals surface area contributed by atoms with E-state index in [4.69, 9.17) is 0 Å². The number of phenolic OH excluding ortho intramolecular Hbond substituents is 1. The summed E-state index contributed by atoms with van der Waals surface area (Å²) in [4.78, 5) is 12.5. The summed E-state index contributed by atoms with van der Waals surface area (Å²) < 4.78 is 0. The van der Waals surface area contributed by atoms with Crippen LogP contribution in [-0.2, 0) is 4.79 Å². The van der Waals surface area contributed by atoms with Gasteiger partial charge in [-0.05, 0) is 42.5 Å². The van der Waals surface area contributed by atoms with E-state index in [9.17, 15) is 9.90 Å². The second-order valence-corrected chi connectivity index (χ2v) is 6.17. The van der Waals surface area contributed by atoms with Crippen LogP contribution in [0.25, 0.3) is 0 Å². The molecule has 1 rings (SSSR count). The van der Waals surface area contributed by atoms with Crippen molar-refractivity contribution in [2.45, 2.75) is 41.0 Å². The first-order chi connectivity index (χ1) is 8.75. The molecule has 0 aliphatic carbocycles. The Morgan fingerprint density at radius 3 is 2.16 bits per heavy atom. The lowest BCUT2D eigenvalue weighted by Gasteiger charge is -2.34. The molecule has 0 radical (unpaired) electrons. The van der Waals surface area contributed by atoms with Gasteiger partial charge in [0.2, 0.25) is 5.91 Å². The van der Waals surface area contributed by atoms with Crippen LogP contribution in [0.1, 0.15) is 41.0 Å². The maximum Gasteiger partial charge on any atom is 0.230 e. The van der Waals surface area contributed by atoms with Gasteiger partial charge in [0.15, 0.2) is 0 Å². The Morgan fingerprint density at radius 2 is 1.74 bits per heavy atom. The molecule has 19 heavy (non-hydrogen) atoms. The summed E-state index contributed by atoms with van der Waals surface area (Å²) in [6.07, 6.45) is 0.856. The fourth-order valence-electron chi connectivity index (χ4n) is 2.26. The molecule has 0 heterocycles. The summed E-state index contributed by atoms with van der Waals surface area (Å²) in [7, 11) is 0. The van der Waals surface area contributed by atoms with Gasteiger partial charge in [-0.15, -0.1) is 0 Å². The molecule has 3 nitrogen and oxygen atoms in total. The van der Waals surface area contributed by atoms with Crippen LogP contribution in [-0.4, -0.2) is 11.0 Å². The Balaban J connectivity index is 2.86. The van der Waals surface area contributed by atoms with Gasteiger partial charge >= 0.3 is 0 Å². The number of phenols is 1. The maximum absolute atomic E-state index is 12.5. The van der Waals surface area contributed by atoms with Crippen molar-refractivity contribution < 1.29 is 9.90 Å². The van der Waals surface area contributed by atoms with Gasteiger partial charge < -0.3 is 10.4 Å². The quantitative estimate of drug-likeness (QED) is 0.788. The van der Waals surface area contributed by atoms with E-state index in [1.165, 1.54) is 0 Å². The molecule has 0 aromatic heterocycles. The zero-order valence-electron chi connectivity index (χ0n) is 12.5. The Morgan fingerprint density at radius 1 is 1.21 bits per heavy atom. The number of rotatable bonds is 5. The van der Waals surface area contributed by atoms with Crippen LogP contribution in [0.15, 0.2) is 24.3 Å². The molecule has 0 saturated carbocycles. The van der Waals surface area contributed by atoms with E-state index >= 15 is 0 Å². The SMILES string of the molecule is CC(C)CC(C)(C(=O)Nc1ccc(O)cc1)C(C)C. The highest BCUT2D eigenvalue weighted by molar-refractivity contribution is 5.95. The summed E-state index contributed by atoms with van der Waals surface area (Å²) in [5, 5.41) is 12.2. The van der Waals surface area contributed by atoms with E-state index in [-0.39, 0.29) is 23.0 Å². The highest BCUT2D eigenvalue weighted by atomic mass is 16.3. The van der Waals surface area contributed by atoms with Crippen molar-refractivity contribution >= 4 is 11.6 Å². The second kappa shape index (κ2) is 6.09. The van der Waals surface area contributed by atoms with E-state index in [0.29, 0.717) is 5.92 Å². The van der Waals surface area contributed by atoms with Crippen molar-refractivity contribution in [3.8, 4) is 5.75 Å². The van der Waals surface area contributed by atoms with Crippen molar-refractivity contribution in [2.75, 3.05) is 5.32 Å². The Bertz CT molecular complexity index is 423. The molecule has 1 aromatic carbocycles. The van der Waals surface area contributed by atoms with Gasteiger partial charge in [0.1, 0.15) is 5.75 Å². The number of carbonyl (C=O) groups excluding carboxylic acids is 1. The van der Waals surface area contributed by atoms with Gasteiger partial charge in [-0.25, -0.2) is 0 Å². The fraction of sp³-hybridized carbons (Fsp3) is 0.562. The second-order valence-electron chi connectivity index (χ2n) is 6.17. The average molecular weight is 263 g/mol. The van der Waals surface area contributed by atoms with Crippen molar-refractivity contribution in [3.63, 3.8) is 0 Å². The topological polar surface area (TPSA) is 49.3 Å². The van der Waals surface area contributed by atoms with Crippen LogP contribution in [0.5, 0.6) is 5.75 Å². The molecule has 0 spiro atoms. The summed E-state index contributed by atoms with van der Waals surface area (Å²) in [5.41, 5.74) is 0.338. The van der Waals surface area contributed by atoms with Crippen LogP contribution in [0.4, 0.5) is 5.69 Å². The molecule has 0 bridgehead atoms. The largest absolute Gasteiger partial charge is 0.508 e. The molecule has 1 amide bonds. The Labute approximate surface area is 116 Å². The van der Waals surface area contributed by atoms with E-state index in [2.05, 4.69) is 33.0 Å². The minimum Gasteiger partial charge on any atom is -0.508 e. The highest BCUT2D eigenvalue weighted by Gasteiger charge is 2.37. The molecule has 2 N–H and O–H groups in total. The van der Waals surface area contributed by atoms with E-state index in [0.717, 1.165) is 12.1 Å². The van der Waals surface area contributed by atoms with Gasteiger partial charge in [0.05, 0.1) is 0 Å². The molecule has 0 fully saturated rings. The van der Waals surface area contributed by atoms with Crippen LogP contribution in [0.3, 0.4) is 0 Å². The first-order valence-electron chi connectivity index (χ1n) is 6.86. The van der Waals surface area contributed by atoms with Gasteiger partial charge in [-0.2, -0.15) is 0 Å². The molecule has 1 aromatic rings. The van der Waals surface area contributed by atoms with Gasteiger partial charge in [0.25, 0.3) is 0 Å². The first kappa shape index (κ1) is 15.5. The summed E-state index contributed by atoms with van der Waals surface area (Å²) in [6, 6.07) is 6.57. The minimum absolute atomic E-state index is 0.0434. The minimum atomic E-state index is -0.383. The van der Waals surface area contributed by atoms with Gasteiger partial charge in [0, 0.05) is 11.1 Å². The van der Waals surface area contributed by atoms with Crippen molar-refractivity contribution in [1.29, 1.82) is 0 Å². The number of hydrogen-bond acceptors (Lipinski definition) is 2. The van der Waals surface area contributed by atoms with E-state index in [1.807, 2.05) is 6.92 Å². The third-order valence-electron chi connectivity index (χ3n) is 3.75. The third kappa shape index (κ3) is 3.98. The molecule has 1 atom stereocenters. The van der Waals surface area contributed by atoms with Crippen LogP contribution in [0.2, 0.25) is 0 Å². The van der Waals surface area contributed by atoms with Crippen LogP contribution in [0, 0.1) is 17.3 Å². The lowest BCUT2D eigenvalue weighted by Crippen LogP contribution is -2.39. The summed E-state index contributed by atoms with van der Waals surface area (Å²) in [6.45, 7) is 10.5. The number of aromatic hydroxyl groups is 1. The fourth-order valence-corrected chi connectivity index (χ4v) is 2.26. The molecular formula is C16H25NO2. The Kier molecular flexibility index (Phi) is 4.98. The standard InChI is InChI=1S/C16H25NO2/c1-11(2)10-16(5,12(3)4)15(19)17-13-6-8-14(18)9-7-13/h6-9,11-12,18H,10H2,1-5H3,(H,17,19). The molecule has 0 aliphatic heterocycles. The normalized spacial score (nSPS) is 14.5. The molecule has 106 valence electrons. The molecular weight excluding hydrogens is 238 g/mol. The average Bonchev–Trinajstić information content (AvgIpc) is 2.30. The zero-order chi connectivity index (χ0) is 14.6. The number of hydrogen-bond donors (Lipinski definition) is 2. The van der Waals surface area contributed by atoms with Gasteiger partial charge in [-0.1, -0.05) is 34.6 Å². The highest BCUT2D eigenvalue weighted by Crippen LogP contribution is 2.35. The van der Waals surface area contributed by atoms with Crippen molar-refractivity contribution in [2.24, 2.45) is 17.3 Å². The zero-order valence-corrected chi connectivity index (χ0v) is 12.5. The van der Waals surface area contributed by atoms with E-state index < -0.39 is 0 Å². The number of anilines is 1. The third-order valence-corrected chi connectivity index (χ3v) is 3.75. The summed E-state index contributed by atoms with van der Waals surface area (Å²) in [5.74, 6) is 0.985. The lowest BCUT2D eigenvalue weighted by atomic mass is 9.72. The summed E-state index contributed by atoms with van der Waals surface area (Å²) >= 11 is 0. The first-order valence-corrected chi connectivity index (χ1v) is 6.86. The lowest BCUT2D eigenvalue weighted by molar-refractivity contribution is -0.128. The Hall–Kier alpha value is -1.51. The number of amides is 1. The smallest absolute Gasteiger partial charge is 0.230 e. The number of nitrogens with one attached hydrogen (secondary N) is 1. The van der Waals surface area contributed by atoms with Gasteiger partial charge in [-0.3, -0.25) is 4.79 Å². The predicted molar refractivity (Wildman–Crippen MR) is 79.1 cm³/mol. The molecule has 1 unspecified atom stereocenters. The monoisotopic (exact) mass is 263 g/mol. The van der Waals surface area contributed by atoms with Crippen LogP contribution >= 0.6 is 0 Å².